The number of ether oxygens (including phenoxy) is 1. The summed E-state index contributed by atoms with van der Waals surface area (Å²) in [5.41, 5.74) is 2.23. The molecule has 2 aromatic carbocycles. The van der Waals surface area contributed by atoms with Crippen molar-refractivity contribution in [3.05, 3.63) is 72.1 Å². The SMILES string of the molecule is COc1ccc(Cc2c(-n3cccn3)cccc2S(N)(=O)=O)cc1. The Morgan fingerprint density at radius 2 is 1.88 bits per heavy atom. The minimum Gasteiger partial charge on any atom is -0.497 e. The minimum atomic E-state index is -3.85. The number of methoxy groups -OCH3 is 1. The molecule has 7 heteroatoms. The maximum absolute atomic E-state index is 12.0. The topological polar surface area (TPSA) is 87.2 Å². The summed E-state index contributed by atoms with van der Waals surface area (Å²) in [5.74, 6) is 0.741. The average molecular weight is 343 g/mol. The molecule has 1 heterocycles. The Kier molecular flexibility index (Phi) is 4.37. The summed E-state index contributed by atoms with van der Waals surface area (Å²) in [6, 6.07) is 14.2. The van der Waals surface area contributed by atoms with Gasteiger partial charge in [-0.3, -0.25) is 0 Å². The maximum atomic E-state index is 12.0. The molecule has 0 radical (unpaired) electrons. The Hall–Kier alpha value is -2.64. The van der Waals surface area contributed by atoms with Crippen LogP contribution in [0.2, 0.25) is 0 Å². The number of primary sulfonamides is 1. The summed E-state index contributed by atoms with van der Waals surface area (Å²) in [6.45, 7) is 0. The van der Waals surface area contributed by atoms with E-state index in [0.717, 1.165) is 11.3 Å². The third-order valence-electron chi connectivity index (χ3n) is 3.71. The number of benzene rings is 2. The largest absolute Gasteiger partial charge is 0.497 e. The fourth-order valence-corrected chi connectivity index (χ4v) is 3.36. The molecular weight excluding hydrogens is 326 g/mol. The number of nitrogens with zero attached hydrogens (tertiary/aromatic N) is 2. The van der Waals surface area contributed by atoms with E-state index in [2.05, 4.69) is 5.10 Å². The number of hydrogen-bond acceptors (Lipinski definition) is 4. The molecule has 0 fully saturated rings. The van der Waals surface area contributed by atoms with Crippen LogP contribution in [-0.4, -0.2) is 25.3 Å². The zero-order valence-electron chi connectivity index (χ0n) is 13.1. The quantitative estimate of drug-likeness (QED) is 0.769. The van der Waals surface area contributed by atoms with Crippen LogP contribution >= 0.6 is 0 Å². The smallest absolute Gasteiger partial charge is 0.238 e. The number of hydrogen-bond donors (Lipinski definition) is 1. The molecule has 2 N–H and O–H groups in total. The first-order chi connectivity index (χ1) is 11.5. The number of nitrogens with two attached hydrogens (primary N) is 1. The molecule has 0 saturated carbocycles. The van der Waals surface area contributed by atoms with E-state index in [1.807, 2.05) is 30.3 Å². The fourth-order valence-electron chi connectivity index (χ4n) is 2.57. The van der Waals surface area contributed by atoms with Gasteiger partial charge in [0.1, 0.15) is 5.75 Å². The van der Waals surface area contributed by atoms with E-state index < -0.39 is 10.0 Å². The van der Waals surface area contributed by atoms with Crippen LogP contribution in [0.3, 0.4) is 0 Å². The van der Waals surface area contributed by atoms with Crippen LogP contribution in [0.25, 0.3) is 5.69 Å². The first-order valence-corrected chi connectivity index (χ1v) is 8.81. The van der Waals surface area contributed by atoms with Crippen molar-refractivity contribution in [3.63, 3.8) is 0 Å². The van der Waals surface area contributed by atoms with E-state index >= 15 is 0 Å². The normalized spacial score (nSPS) is 11.4. The lowest BCUT2D eigenvalue weighted by Gasteiger charge is -2.14. The van der Waals surface area contributed by atoms with E-state index in [4.69, 9.17) is 9.88 Å². The van der Waals surface area contributed by atoms with Crippen LogP contribution in [0.4, 0.5) is 0 Å². The van der Waals surface area contributed by atoms with Crippen molar-refractivity contribution in [3.8, 4) is 11.4 Å². The first kappa shape index (κ1) is 16.2. The van der Waals surface area contributed by atoms with Crippen molar-refractivity contribution < 1.29 is 13.2 Å². The summed E-state index contributed by atoms with van der Waals surface area (Å²) in [6.07, 6.45) is 3.81. The molecule has 0 atom stereocenters. The highest BCUT2D eigenvalue weighted by molar-refractivity contribution is 7.89. The van der Waals surface area contributed by atoms with Gasteiger partial charge in [0.05, 0.1) is 17.7 Å². The van der Waals surface area contributed by atoms with Crippen molar-refractivity contribution in [2.24, 2.45) is 5.14 Å². The molecule has 0 aliphatic carbocycles. The first-order valence-electron chi connectivity index (χ1n) is 7.26. The third kappa shape index (κ3) is 3.32. The van der Waals surface area contributed by atoms with Gasteiger partial charge in [-0.05, 0) is 35.9 Å². The van der Waals surface area contributed by atoms with Crippen molar-refractivity contribution >= 4 is 10.0 Å². The summed E-state index contributed by atoms with van der Waals surface area (Å²) in [4.78, 5) is 0.103. The summed E-state index contributed by atoms with van der Waals surface area (Å²) < 4.78 is 30.8. The minimum absolute atomic E-state index is 0.103. The number of sulfonamides is 1. The second-order valence-electron chi connectivity index (χ2n) is 5.27. The van der Waals surface area contributed by atoms with Crippen LogP contribution in [0.15, 0.2) is 65.8 Å². The average Bonchev–Trinajstić information content (AvgIpc) is 3.09. The lowest BCUT2D eigenvalue weighted by molar-refractivity contribution is 0.414. The van der Waals surface area contributed by atoms with E-state index in [0.29, 0.717) is 17.7 Å². The zero-order valence-corrected chi connectivity index (χ0v) is 13.9. The monoisotopic (exact) mass is 343 g/mol. The van der Waals surface area contributed by atoms with Gasteiger partial charge in [-0.25, -0.2) is 18.2 Å². The number of rotatable bonds is 5. The fraction of sp³-hybridized carbons (Fsp3) is 0.118. The van der Waals surface area contributed by atoms with Crippen molar-refractivity contribution in [2.45, 2.75) is 11.3 Å². The van der Waals surface area contributed by atoms with Crippen LogP contribution in [-0.2, 0) is 16.4 Å². The summed E-state index contributed by atoms with van der Waals surface area (Å²) in [7, 11) is -2.25. The van der Waals surface area contributed by atoms with Gasteiger partial charge in [0.15, 0.2) is 0 Å². The highest BCUT2D eigenvalue weighted by Crippen LogP contribution is 2.25. The molecule has 1 aromatic heterocycles. The second kappa shape index (κ2) is 6.46. The molecule has 0 unspecified atom stereocenters. The summed E-state index contributed by atoms with van der Waals surface area (Å²) in [5, 5.41) is 9.60. The molecule has 6 nitrogen and oxygen atoms in total. The molecule has 0 aliphatic heterocycles. The molecule has 124 valence electrons. The van der Waals surface area contributed by atoms with Crippen LogP contribution in [0, 0.1) is 0 Å². The van der Waals surface area contributed by atoms with Gasteiger partial charge in [-0.1, -0.05) is 18.2 Å². The van der Waals surface area contributed by atoms with Crippen molar-refractivity contribution in [1.29, 1.82) is 0 Å². The molecule has 3 rings (SSSR count). The lowest BCUT2D eigenvalue weighted by atomic mass is 10.0. The predicted octanol–water partition coefficient (Wildman–Crippen LogP) is 2.12. The van der Waals surface area contributed by atoms with Gasteiger partial charge < -0.3 is 4.74 Å². The lowest BCUT2D eigenvalue weighted by Crippen LogP contribution is -2.16. The third-order valence-corrected chi connectivity index (χ3v) is 4.70. The van der Waals surface area contributed by atoms with Crippen LogP contribution in [0.1, 0.15) is 11.1 Å². The highest BCUT2D eigenvalue weighted by atomic mass is 32.2. The van der Waals surface area contributed by atoms with Gasteiger partial charge in [0.2, 0.25) is 10.0 Å². The van der Waals surface area contributed by atoms with Gasteiger partial charge in [0.25, 0.3) is 0 Å². The predicted molar refractivity (Wildman–Crippen MR) is 90.7 cm³/mol. The Morgan fingerprint density at radius 1 is 1.12 bits per heavy atom. The molecule has 0 saturated heterocycles. The van der Waals surface area contributed by atoms with E-state index in [9.17, 15) is 8.42 Å². The van der Waals surface area contributed by atoms with E-state index in [1.165, 1.54) is 6.07 Å². The van der Waals surface area contributed by atoms with Crippen LogP contribution < -0.4 is 9.88 Å². The molecule has 0 bridgehead atoms. The van der Waals surface area contributed by atoms with Crippen molar-refractivity contribution in [1.82, 2.24) is 9.78 Å². The molecule has 0 amide bonds. The Morgan fingerprint density at radius 3 is 2.46 bits per heavy atom. The molecule has 24 heavy (non-hydrogen) atoms. The van der Waals surface area contributed by atoms with Gasteiger partial charge in [-0.15, -0.1) is 0 Å². The van der Waals surface area contributed by atoms with Gasteiger partial charge in [0, 0.05) is 24.4 Å². The van der Waals surface area contributed by atoms with E-state index in [-0.39, 0.29) is 4.90 Å². The Labute approximate surface area is 140 Å². The molecule has 3 aromatic rings. The van der Waals surface area contributed by atoms with Crippen molar-refractivity contribution in [2.75, 3.05) is 7.11 Å². The zero-order chi connectivity index (χ0) is 17.2. The Bertz CT molecular complexity index is 934. The Balaban J connectivity index is 2.12. The van der Waals surface area contributed by atoms with Gasteiger partial charge in [-0.2, -0.15) is 5.10 Å². The summed E-state index contributed by atoms with van der Waals surface area (Å²) >= 11 is 0. The second-order valence-corrected chi connectivity index (χ2v) is 6.80. The molecule has 0 aliphatic rings. The standard InChI is InChI=1S/C17H17N3O3S/c1-23-14-8-6-13(7-9-14)12-15-16(20-11-3-10-19-20)4-2-5-17(15)24(18,21)22/h2-11H,12H2,1H3,(H2,18,21,22). The molecular formula is C17H17N3O3S. The number of aromatic nitrogens is 2. The molecule has 0 spiro atoms. The maximum Gasteiger partial charge on any atom is 0.238 e. The van der Waals surface area contributed by atoms with E-state index in [1.54, 1.807) is 36.3 Å². The van der Waals surface area contributed by atoms with Crippen LogP contribution in [0.5, 0.6) is 5.75 Å². The van der Waals surface area contributed by atoms with Gasteiger partial charge >= 0.3 is 0 Å². The highest BCUT2D eigenvalue weighted by Gasteiger charge is 2.18.